The van der Waals surface area contributed by atoms with Crippen LogP contribution in [0.3, 0.4) is 0 Å². The summed E-state index contributed by atoms with van der Waals surface area (Å²) in [4.78, 5) is 25.8. The quantitative estimate of drug-likeness (QED) is 0.910. The Morgan fingerprint density at radius 1 is 1.12 bits per heavy atom. The number of likely N-dealkylation sites (N-methyl/N-ethyl adjacent to an activating group) is 1. The molecule has 0 radical (unpaired) electrons. The van der Waals surface area contributed by atoms with Crippen LogP contribution in [0, 0.1) is 0 Å². The fourth-order valence-corrected chi connectivity index (χ4v) is 2.67. The Balaban J connectivity index is 1.79. The molecule has 1 aliphatic heterocycles. The smallest absolute Gasteiger partial charge is 0.264 e. The largest absolute Gasteiger partial charge is 0.482 e. The van der Waals surface area contributed by atoms with E-state index in [-0.39, 0.29) is 23.8 Å². The van der Waals surface area contributed by atoms with Gasteiger partial charge in [-0.15, -0.1) is 0 Å². The molecule has 25 heavy (non-hydrogen) atoms. The molecule has 2 aromatic rings. The van der Waals surface area contributed by atoms with E-state index in [0.29, 0.717) is 17.0 Å². The van der Waals surface area contributed by atoms with Crippen LogP contribution in [0.1, 0.15) is 36.7 Å². The third kappa shape index (κ3) is 3.50. The van der Waals surface area contributed by atoms with E-state index in [0.717, 1.165) is 5.69 Å². The standard InChI is InChI=1S/C20H22N2O3/c1-20(2,3)14-6-8-15(9-7-14)21-19(24)13-5-10-17-16(11-13)22(4)18(23)12-25-17/h5-11H,12H2,1-4H3,(H,21,24). The van der Waals surface area contributed by atoms with Gasteiger partial charge in [-0.2, -0.15) is 0 Å². The first kappa shape index (κ1) is 17.0. The Bertz CT molecular complexity index is 820. The fourth-order valence-electron chi connectivity index (χ4n) is 2.67. The van der Waals surface area contributed by atoms with E-state index in [4.69, 9.17) is 4.74 Å². The van der Waals surface area contributed by atoms with Gasteiger partial charge >= 0.3 is 0 Å². The number of carbonyl (C=O) groups is 2. The van der Waals surface area contributed by atoms with Crippen LogP contribution >= 0.6 is 0 Å². The zero-order chi connectivity index (χ0) is 18.2. The number of fused-ring (bicyclic) bond motifs is 1. The third-order valence-electron chi connectivity index (χ3n) is 4.32. The molecule has 1 aliphatic rings. The molecule has 0 spiro atoms. The molecule has 2 aromatic carbocycles. The summed E-state index contributed by atoms with van der Waals surface area (Å²) in [6.45, 7) is 6.46. The topological polar surface area (TPSA) is 58.6 Å². The van der Waals surface area contributed by atoms with E-state index in [2.05, 4.69) is 26.1 Å². The van der Waals surface area contributed by atoms with Crippen molar-refractivity contribution in [3.8, 4) is 5.75 Å². The molecule has 0 aromatic heterocycles. The number of benzene rings is 2. The molecule has 0 saturated carbocycles. The molecular formula is C20H22N2O3. The van der Waals surface area contributed by atoms with Gasteiger partial charge in [-0.05, 0) is 41.3 Å². The van der Waals surface area contributed by atoms with Gasteiger partial charge in [0.2, 0.25) is 0 Å². The minimum Gasteiger partial charge on any atom is -0.482 e. The van der Waals surface area contributed by atoms with E-state index < -0.39 is 0 Å². The number of anilines is 2. The number of nitrogens with one attached hydrogen (secondary N) is 1. The molecule has 0 aliphatic carbocycles. The van der Waals surface area contributed by atoms with Crippen molar-refractivity contribution >= 4 is 23.2 Å². The number of rotatable bonds is 2. The van der Waals surface area contributed by atoms with Gasteiger partial charge in [-0.1, -0.05) is 32.9 Å². The van der Waals surface area contributed by atoms with Crippen LogP contribution in [0.5, 0.6) is 5.75 Å². The second-order valence-electron chi connectivity index (χ2n) is 7.21. The summed E-state index contributed by atoms with van der Waals surface area (Å²) < 4.78 is 5.38. The first-order valence-electron chi connectivity index (χ1n) is 8.21. The lowest BCUT2D eigenvalue weighted by molar-refractivity contribution is -0.120. The van der Waals surface area contributed by atoms with Crippen molar-refractivity contribution in [2.75, 3.05) is 23.9 Å². The average molecular weight is 338 g/mol. The Hall–Kier alpha value is -2.82. The molecule has 0 bridgehead atoms. The highest BCUT2D eigenvalue weighted by Crippen LogP contribution is 2.32. The second-order valence-corrected chi connectivity index (χ2v) is 7.21. The number of amides is 2. The molecule has 0 saturated heterocycles. The lowest BCUT2D eigenvalue weighted by atomic mass is 9.87. The molecule has 0 fully saturated rings. The van der Waals surface area contributed by atoms with Crippen LogP contribution in [0.2, 0.25) is 0 Å². The van der Waals surface area contributed by atoms with Gasteiger partial charge in [0, 0.05) is 18.3 Å². The SMILES string of the molecule is CN1C(=O)COc2ccc(C(=O)Nc3ccc(C(C)(C)C)cc3)cc21. The fraction of sp³-hybridized carbons (Fsp3) is 0.300. The van der Waals surface area contributed by atoms with Crippen LogP contribution in [0.4, 0.5) is 11.4 Å². The minimum atomic E-state index is -0.224. The van der Waals surface area contributed by atoms with Crippen molar-refractivity contribution in [3.63, 3.8) is 0 Å². The van der Waals surface area contributed by atoms with E-state index in [9.17, 15) is 9.59 Å². The molecule has 3 rings (SSSR count). The maximum Gasteiger partial charge on any atom is 0.264 e. The zero-order valence-electron chi connectivity index (χ0n) is 14.9. The summed E-state index contributed by atoms with van der Waals surface area (Å²) in [6.07, 6.45) is 0. The van der Waals surface area contributed by atoms with Crippen LogP contribution in [-0.2, 0) is 10.2 Å². The van der Waals surface area contributed by atoms with Gasteiger partial charge in [0.25, 0.3) is 11.8 Å². The molecule has 1 N–H and O–H groups in total. The summed E-state index contributed by atoms with van der Waals surface area (Å²) in [7, 11) is 1.68. The minimum absolute atomic E-state index is 0.0230. The molecule has 0 unspecified atom stereocenters. The number of hydrogen-bond acceptors (Lipinski definition) is 3. The predicted molar refractivity (Wildman–Crippen MR) is 98.4 cm³/mol. The van der Waals surface area contributed by atoms with Gasteiger partial charge in [-0.3, -0.25) is 9.59 Å². The van der Waals surface area contributed by atoms with Crippen molar-refractivity contribution in [2.45, 2.75) is 26.2 Å². The van der Waals surface area contributed by atoms with Gasteiger partial charge in [0.1, 0.15) is 5.75 Å². The van der Waals surface area contributed by atoms with Crippen molar-refractivity contribution in [1.29, 1.82) is 0 Å². The molecule has 5 nitrogen and oxygen atoms in total. The van der Waals surface area contributed by atoms with E-state index in [1.165, 1.54) is 10.5 Å². The number of ether oxygens (including phenoxy) is 1. The van der Waals surface area contributed by atoms with Gasteiger partial charge in [-0.25, -0.2) is 0 Å². The lowest BCUT2D eigenvalue weighted by Gasteiger charge is -2.26. The molecular weight excluding hydrogens is 316 g/mol. The highest BCUT2D eigenvalue weighted by molar-refractivity contribution is 6.06. The molecule has 130 valence electrons. The Morgan fingerprint density at radius 3 is 2.44 bits per heavy atom. The summed E-state index contributed by atoms with van der Waals surface area (Å²) in [6, 6.07) is 12.9. The molecule has 5 heteroatoms. The maximum absolute atomic E-state index is 12.5. The number of hydrogen-bond donors (Lipinski definition) is 1. The summed E-state index contributed by atoms with van der Waals surface area (Å²) in [5.74, 6) is 0.244. The van der Waals surface area contributed by atoms with E-state index in [1.807, 2.05) is 24.3 Å². The second kappa shape index (κ2) is 6.24. The van der Waals surface area contributed by atoms with Crippen molar-refractivity contribution in [1.82, 2.24) is 0 Å². The molecule has 1 heterocycles. The average Bonchev–Trinajstić information content (AvgIpc) is 2.57. The zero-order valence-corrected chi connectivity index (χ0v) is 14.9. The molecule has 0 atom stereocenters. The highest BCUT2D eigenvalue weighted by atomic mass is 16.5. The molecule has 2 amide bonds. The van der Waals surface area contributed by atoms with Crippen LogP contribution in [-0.4, -0.2) is 25.5 Å². The highest BCUT2D eigenvalue weighted by Gasteiger charge is 2.23. The van der Waals surface area contributed by atoms with Crippen LogP contribution < -0.4 is 15.0 Å². The maximum atomic E-state index is 12.5. The number of nitrogens with zero attached hydrogens (tertiary/aromatic N) is 1. The normalized spacial score (nSPS) is 13.9. The monoisotopic (exact) mass is 338 g/mol. The van der Waals surface area contributed by atoms with Crippen molar-refractivity contribution in [2.24, 2.45) is 0 Å². The Labute approximate surface area is 147 Å². The van der Waals surface area contributed by atoms with Crippen LogP contribution in [0.25, 0.3) is 0 Å². The van der Waals surface area contributed by atoms with Gasteiger partial charge in [0.05, 0.1) is 5.69 Å². The first-order chi connectivity index (χ1) is 11.8. The Kier molecular flexibility index (Phi) is 4.25. The van der Waals surface area contributed by atoms with Crippen molar-refractivity contribution in [3.05, 3.63) is 53.6 Å². The van der Waals surface area contributed by atoms with Gasteiger partial charge < -0.3 is 15.0 Å². The van der Waals surface area contributed by atoms with Gasteiger partial charge in [0.15, 0.2) is 6.61 Å². The Morgan fingerprint density at radius 2 is 1.80 bits per heavy atom. The first-order valence-corrected chi connectivity index (χ1v) is 8.21. The third-order valence-corrected chi connectivity index (χ3v) is 4.32. The van der Waals surface area contributed by atoms with E-state index in [1.54, 1.807) is 25.2 Å². The van der Waals surface area contributed by atoms with E-state index >= 15 is 0 Å². The summed E-state index contributed by atoms with van der Waals surface area (Å²) >= 11 is 0. The lowest BCUT2D eigenvalue weighted by Crippen LogP contribution is -2.35. The summed E-state index contributed by atoms with van der Waals surface area (Å²) in [5, 5.41) is 2.89. The van der Waals surface area contributed by atoms with Crippen LogP contribution in [0.15, 0.2) is 42.5 Å². The predicted octanol–water partition coefficient (Wildman–Crippen LogP) is 3.59. The summed E-state index contributed by atoms with van der Waals surface area (Å²) in [5.41, 5.74) is 3.08. The van der Waals surface area contributed by atoms with Crippen molar-refractivity contribution < 1.29 is 14.3 Å². The number of carbonyl (C=O) groups excluding carboxylic acids is 2.